The normalized spacial score (nSPS) is 8.03. The number of nitriles is 1. The Bertz CT molecular complexity index is 772. The van der Waals surface area contributed by atoms with Crippen molar-refractivity contribution in [2.75, 3.05) is 20.8 Å². The Morgan fingerprint density at radius 2 is 1.31 bits per heavy atom. The van der Waals surface area contributed by atoms with Crippen LogP contribution in [-0.4, -0.2) is 38.6 Å². The van der Waals surface area contributed by atoms with Gasteiger partial charge in [0.2, 0.25) is 6.08 Å². The van der Waals surface area contributed by atoms with E-state index in [-0.39, 0.29) is 11.8 Å². The third-order valence-corrected chi connectivity index (χ3v) is 3.86. The summed E-state index contributed by atoms with van der Waals surface area (Å²) in [6, 6.07) is 20.5. The van der Waals surface area contributed by atoms with Gasteiger partial charge in [0.1, 0.15) is 5.78 Å². The lowest BCUT2D eigenvalue weighted by Crippen LogP contribution is -2.04. The first-order chi connectivity index (χ1) is 16.8. The fourth-order valence-electron chi connectivity index (χ4n) is 1.96. The summed E-state index contributed by atoms with van der Waals surface area (Å²) in [6.07, 6.45) is 5.99. The highest BCUT2D eigenvalue weighted by Gasteiger charge is 2.00. The van der Waals surface area contributed by atoms with Gasteiger partial charge in [0.15, 0.2) is 0 Å². The minimum Gasteiger partial charge on any atom is -0.466 e. The Morgan fingerprint density at radius 1 is 0.886 bits per heavy atom. The maximum Gasteiger partial charge on any atom is 0.305 e. The molecule has 0 saturated carbocycles. The number of hydrogen-bond donors (Lipinski definition) is 0. The van der Waals surface area contributed by atoms with E-state index in [2.05, 4.69) is 47.8 Å². The third kappa shape index (κ3) is 35.0. The molecule has 2 aromatic carbocycles. The fourth-order valence-corrected chi connectivity index (χ4v) is 1.96. The summed E-state index contributed by atoms with van der Waals surface area (Å²) in [5.41, 5.74) is 2.64. The number of rotatable bonds is 7. The first kappa shape index (κ1) is 35.8. The SMILES string of the molecule is CCC(=O)CCCCOC(=O)CC.CN=C=O.COC#N.Cc1ccccc1.Cc1ccccc1. The van der Waals surface area contributed by atoms with E-state index in [0.717, 1.165) is 12.8 Å². The monoisotopic (exact) mass is 484 g/mol. The Balaban J connectivity index is -0.000000396. The molecule has 0 aliphatic rings. The Kier molecular flexibility index (Phi) is 31.0. The highest BCUT2D eigenvalue weighted by molar-refractivity contribution is 5.77. The fraction of sp³-hybridized carbons (Fsp3) is 0.429. The number of nitrogens with zero attached hydrogens (tertiary/aromatic N) is 2. The van der Waals surface area contributed by atoms with Crippen molar-refractivity contribution in [1.29, 1.82) is 5.26 Å². The van der Waals surface area contributed by atoms with Gasteiger partial charge in [-0.25, -0.2) is 9.79 Å². The van der Waals surface area contributed by atoms with E-state index in [1.165, 1.54) is 37.6 Å². The van der Waals surface area contributed by atoms with Gasteiger partial charge in [0.25, 0.3) is 6.26 Å². The van der Waals surface area contributed by atoms with E-state index in [1.807, 2.05) is 43.3 Å². The Hall–Kier alpha value is -3.75. The van der Waals surface area contributed by atoms with E-state index >= 15 is 0 Å². The molecule has 0 atom stereocenters. The van der Waals surface area contributed by atoms with E-state index < -0.39 is 0 Å². The highest BCUT2D eigenvalue weighted by Crippen LogP contribution is 2.00. The molecule has 0 aromatic heterocycles. The van der Waals surface area contributed by atoms with Gasteiger partial charge in [0.05, 0.1) is 13.7 Å². The van der Waals surface area contributed by atoms with Crippen LogP contribution >= 0.6 is 0 Å². The smallest absolute Gasteiger partial charge is 0.305 e. The number of ether oxygens (including phenoxy) is 2. The number of isocyanates is 1. The zero-order valence-corrected chi connectivity index (χ0v) is 22.0. The summed E-state index contributed by atoms with van der Waals surface area (Å²) in [4.78, 5) is 33.3. The molecule has 0 aliphatic carbocycles. The van der Waals surface area contributed by atoms with E-state index in [9.17, 15) is 9.59 Å². The first-order valence-electron chi connectivity index (χ1n) is 11.4. The Labute approximate surface area is 210 Å². The molecule has 0 N–H and O–H groups in total. The molecule has 0 radical (unpaired) electrons. The van der Waals surface area contributed by atoms with Crippen molar-refractivity contribution in [3.05, 3.63) is 71.8 Å². The lowest BCUT2D eigenvalue weighted by Gasteiger charge is -2.01. The molecule has 7 heteroatoms. The molecule has 0 bridgehead atoms. The van der Waals surface area contributed by atoms with Crippen molar-refractivity contribution in [3.63, 3.8) is 0 Å². The minimum absolute atomic E-state index is 0.165. The van der Waals surface area contributed by atoms with Gasteiger partial charge < -0.3 is 9.47 Å². The molecular weight excluding hydrogens is 444 g/mol. The number of methoxy groups -OCH3 is 1. The maximum absolute atomic E-state index is 10.9. The molecule has 35 heavy (non-hydrogen) atoms. The van der Waals surface area contributed by atoms with Gasteiger partial charge in [-0.3, -0.25) is 9.59 Å². The van der Waals surface area contributed by atoms with E-state index in [4.69, 9.17) is 14.8 Å². The van der Waals surface area contributed by atoms with Crippen LogP contribution in [0.25, 0.3) is 0 Å². The van der Waals surface area contributed by atoms with Crippen LogP contribution in [0.15, 0.2) is 65.7 Å². The number of benzene rings is 2. The van der Waals surface area contributed by atoms with Crippen LogP contribution in [0.4, 0.5) is 0 Å². The third-order valence-electron chi connectivity index (χ3n) is 3.86. The second-order valence-corrected chi connectivity index (χ2v) is 6.84. The topological polar surface area (TPSA) is 106 Å². The van der Waals surface area contributed by atoms with E-state index in [1.54, 1.807) is 6.92 Å². The molecule has 2 aromatic rings. The number of carbonyl (C=O) groups is 2. The van der Waals surface area contributed by atoms with Crippen LogP contribution in [0.2, 0.25) is 0 Å². The number of ketones is 1. The predicted molar refractivity (Wildman–Crippen MR) is 139 cm³/mol. The van der Waals surface area contributed by atoms with Crippen molar-refractivity contribution < 1.29 is 23.9 Å². The molecule has 0 heterocycles. The van der Waals surface area contributed by atoms with Gasteiger partial charge in [-0.15, -0.1) is 0 Å². The Morgan fingerprint density at radius 3 is 1.57 bits per heavy atom. The molecule has 2 rings (SSSR count). The van der Waals surface area contributed by atoms with Gasteiger partial charge in [-0.05, 0) is 26.7 Å². The van der Waals surface area contributed by atoms with Crippen LogP contribution in [-0.2, 0) is 23.9 Å². The van der Waals surface area contributed by atoms with Crippen LogP contribution in [0.1, 0.15) is 57.1 Å². The quantitative estimate of drug-likeness (QED) is 0.153. The van der Waals surface area contributed by atoms with Crippen LogP contribution in [0, 0.1) is 25.4 Å². The number of Topliss-reactive ketones (excluding diaryl/α,β-unsaturated/α-hetero) is 1. The van der Waals surface area contributed by atoms with Gasteiger partial charge in [0, 0.05) is 26.3 Å². The summed E-state index contributed by atoms with van der Waals surface area (Å²) < 4.78 is 8.70. The summed E-state index contributed by atoms with van der Waals surface area (Å²) in [5, 5.41) is 7.40. The number of carbonyl (C=O) groups excluding carboxylic acids is 3. The van der Waals surface area contributed by atoms with Crippen LogP contribution in [0.3, 0.4) is 0 Å². The summed E-state index contributed by atoms with van der Waals surface area (Å²) in [7, 11) is 2.70. The molecule has 0 unspecified atom stereocenters. The standard InChI is InChI=1S/C10H18O3.2C7H8.2C2H3NO/c1-3-9(11)7-5-6-8-13-10(12)4-2;2*1-7-5-3-2-4-6-7;1-4-2-3;1-3-2-4/h3-8H2,1-2H3;2*2-6H,1H3;2*1H3. The summed E-state index contributed by atoms with van der Waals surface area (Å²) in [5.74, 6) is 0.114. The van der Waals surface area contributed by atoms with E-state index in [0.29, 0.717) is 25.9 Å². The molecule has 192 valence electrons. The largest absolute Gasteiger partial charge is 0.466 e. The average Bonchev–Trinajstić information content (AvgIpc) is 2.90. The zero-order chi connectivity index (χ0) is 27.2. The molecule has 0 amide bonds. The predicted octanol–water partition coefficient (Wildman–Crippen LogP) is 6.14. The molecule has 0 saturated heterocycles. The second-order valence-electron chi connectivity index (χ2n) is 6.84. The highest BCUT2D eigenvalue weighted by atomic mass is 16.5. The van der Waals surface area contributed by atoms with Gasteiger partial charge in [-0.2, -0.15) is 5.26 Å². The summed E-state index contributed by atoms with van der Waals surface area (Å²) >= 11 is 0. The van der Waals surface area contributed by atoms with Crippen molar-refractivity contribution in [2.24, 2.45) is 4.99 Å². The molecule has 0 fully saturated rings. The zero-order valence-electron chi connectivity index (χ0n) is 22.0. The molecule has 0 spiro atoms. The van der Waals surface area contributed by atoms with Crippen molar-refractivity contribution in [1.82, 2.24) is 0 Å². The number of esters is 1. The number of unbranched alkanes of at least 4 members (excludes halogenated alkanes) is 1. The van der Waals surface area contributed by atoms with Gasteiger partial charge >= 0.3 is 5.97 Å². The average molecular weight is 485 g/mol. The maximum atomic E-state index is 10.9. The lowest BCUT2D eigenvalue weighted by atomic mass is 10.1. The lowest BCUT2D eigenvalue weighted by molar-refractivity contribution is -0.143. The van der Waals surface area contributed by atoms with Crippen molar-refractivity contribution in [2.45, 2.75) is 59.8 Å². The molecule has 0 aliphatic heterocycles. The molecular formula is C28H40N2O5. The minimum atomic E-state index is -0.165. The number of hydrogen-bond acceptors (Lipinski definition) is 7. The van der Waals surface area contributed by atoms with Crippen LogP contribution < -0.4 is 0 Å². The second kappa shape index (κ2) is 30.2. The number of aliphatic imine (C=N–C) groups is 1. The van der Waals surface area contributed by atoms with Crippen molar-refractivity contribution in [3.8, 4) is 6.26 Å². The first-order valence-corrected chi connectivity index (χ1v) is 11.4. The van der Waals surface area contributed by atoms with Crippen LogP contribution in [0.5, 0.6) is 0 Å². The van der Waals surface area contributed by atoms with Gasteiger partial charge in [-0.1, -0.05) is 85.6 Å². The number of aryl methyl sites for hydroxylation is 2. The summed E-state index contributed by atoms with van der Waals surface area (Å²) in [6.45, 7) is 8.24. The van der Waals surface area contributed by atoms with Crippen molar-refractivity contribution >= 4 is 17.8 Å². The molecule has 7 nitrogen and oxygen atoms in total.